The third-order valence-corrected chi connectivity index (χ3v) is 5.44. The summed E-state index contributed by atoms with van der Waals surface area (Å²) in [6.07, 6.45) is -0.178. The van der Waals surface area contributed by atoms with Crippen LogP contribution in [0.25, 0.3) is 0 Å². The third kappa shape index (κ3) is 2.67. The van der Waals surface area contributed by atoms with Gasteiger partial charge in [-0.25, -0.2) is 4.39 Å². The highest BCUT2D eigenvalue weighted by atomic mass is 35.5. The summed E-state index contributed by atoms with van der Waals surface area (Å²) in [6, 6.07) is 2.52. The Bertz CT molecular complexity index is 826. The largest absolute Gasteiger partial charge is 0.481 e. The molecule has 1 aliphatic carbocycles. The van der Waals surface area contributed by atoms with E-state index in [1.54, 1.807) is 19.1 Å². The van der Waals surface area contributed by atoms with Gasteiger partial charge in [-0.05, 0) is 31.1 Å². The summed E-state index contributed by atoms with van der Waals surface area (Å²) < 4.78 is 14.8. The number of nitrogens with zero attached hydrogens (tertiary/aromatic N) is 1. The molecule has 2 heterocycles. The summed E-state index contributed by atoms with van der Waals surface area (Å²) >= 11 is 6.97. The van der Waals surface area contributed by atoms with E-state index in [4.69, 9.17) is 16.7 Å². The summed E-state index contributed by atoms with van der Waals surface area (Å²) in [5.74, 6) is -3.09. The van der Waals surface area contributed by atoms with Crippen molar-refractivity contribution in [2.75, 3.05) is 0 Å². The summed E-state index contributed by atoms with van der Waals surface area (Å²) in [4.78, 5) is 37.4. The van der Waals surface area contributed by atoms with Gasteiger partial charge in [-0.3, -0.25) is 14.4 Å². The van der Waals surface area contributed by atoms with E-state index < -0.39 is 30.0 Å². The van der Waals surface area contributed by atoms with E-state index in [9.17, 15) is 18.8 Å². The molecule has 1 amide bonds. The Morgan fingerprint density at radius 3 is 2.75 bits per heavy atom. The molecule has 1 aromatic rings. The number of carbonyl (C=O) groups is 3. The number of rotatable bonds is 3. The number of thiophene rings is 1. The van der Waals surface area contributed by atoms with Gasteiger partial charge in [0.1, 0.15) is 0 Å². The van der Waals surface area contributed by atoms with E-state index in [2.05, 4.69) is 0 Å². The van der Waals surface area contributed by atoms with E-state index >= 15 is 0 Å². The first-order valence-corrected chi connectivity index (χ1v) is 8.44. The highest BCUT2D eigenvalue weighted by molar-refractivity contribution is 7.18. The molecule has 0 saturated heterocycles. The molecule has 2 aliphatic rings. The van der Waals surface area contributed by atoms with E-state index in [1.807, 2.05) is 0 Å². The summed E-state index contributed by atoms with van der Waals surface area (Å²) in [5.41, 5.74) is 0.618. The monoisotopic (exact) mass is 369 g/mol. The number of aliphatic carboxylic acids is 1. The van der Waals surface area contributed by atoms with Crippen LogP contribution < -0.4 is 0 Å². The minimum atomic E-state index is -1.14. The van der Waals surface area contributed by atoms with Gasteiger partial charge in [-0.15, -0.1) is 11.3 Å². The molecule has 3 rings (SSSR count). The molecular formula is C16H13ClFNO4S. The van der Waals surface area contributed by atoms with Crippen molar-refractivity contribution in [3.8, 4) is 0 Å². The number of allylic oxidation sites excluding steroid dienone is 2. The van der Waals surface area contributed by atoms with Crippen LogP contribution in [0.15, 0.2) is 34.8 Å². The molecule has 1 aromatic heterocycles. The average molecular weight is 370 g/mol. The van der Waals surface area contributed by atoms with Crippen molar-refractivity contribution < 1.29 is 23.9 Å². The maximum Gasteiger partial charge on any atom is 0.307 e. The zero-order chi connectivity index (χ0) is 17.6. The van der Waals surface area contributed by atoms with Crippen molar-refractivity contribution in [3.05, 3.63) is 44.0 Å². The molecule has 0 radical (unpaired) electrons. The Labute approximate surface area is 146 Å². The molecule has 126 valence electrons. The standard InChI is InChI=1S/C16H13ClFNO4S/c1-7-8(6-13(21)22)14-9(2-3-10(20)15(14)18)19(7)16(23)11-4-5-12(17)24-11/h4-5,9H,2-3,6H2,1H3,(H,21,22). The zero-order valence-electron chi connectivity index (χ0n) is 12.6. The molecule has 1 atom stereocenters. The number of Topliss-reactive ketones (excluding diaryl/α,β-unsaturated/α-hetero) is 1. The maximum atomic E-state index is 14.4. The molecule has 0 aromatic carbocycles. The molecular weight excluding hydrogens is 357 g/mol. The topological polar surface area (TPSA) is 74.7 Å². The van der Waals surface area contributed by atoms with Crippen LogP contribution in [-0.2, 0) is 9.59 Å². The lowest BCUT2D eigenvalue weighted by Gasteiger charge is -2.29. The Morgan fingerprint density at radius 2 is 2.17 bits per heavy atom. The van der Waals surface area contributed by atoms with Crippen molar-refractivity contribution in [2.24, 2.45) is 0 Å². The van der Waals surface area contributed by atoms with Crippen LogP contribution in [0.5, 0.6) is 0 Å². The predicted octanol–water partition coefficient (Wildman–Crippen LogP) is 3.56. The maximum absolute atomic E-state index is 14.4. The molecule has 1 N–H and O–H groups in total. The van der Waals surface area contributed by atoms with Crippen molar-refractivity contribution in [1.29, 1.82) is 0 Å². The number of carboxylic acids is 1. The number of amides is 1. The van der Waals surface area contributed by atoms with E-state index in [-0.39, 0.29) is 29.9 Å². The van der Waals surface area contributed by atoms with Crippen molar-refractivity contribution in [3.63, 3.8) is 0 Å². The van der Waals surface area contributed by atoms with Gasteiger partial charge in [0, 0.05) is 17.7 Å². The lowest BCUT2D eigenvalue weighted by molar-refractivity contribution is -0.136. The van der Waals surface area contributed by atoms with Crippen LogP contribution in [0, 0.1) is 0 Å². The molecule has 0 bridgehead atoms. The van der Waals surface area contributed by atoms with Gasteiger partial charge in [0.15, 0.2) is 11.6 Å². The highest BCUT2D eigenvalue weighted by Gasteiger charge is 2.44. The van der Waals surface area contributed by atoms with Crippen molar-refractivity contribution in [2.45, 2.75) is 32.2 Å². The highest BCUT2D eigenvalue weighted by Crippen LogP contribution is 2.43. The van der Waals surface area contributed by atoms with Gasteiger partial charge in [-0.1, -0.05) is 11.6 Å². The second-order valence-electron chi connectivity index (χ2n) is 5.62. The molecule has 24 heavy (non-hydrogen) atoms. The van der Waals surface area contributed by atoms with Gasteiger partial charge in [0.2, 0.25) is 0 Å². The number of halogens is 2. The average Bonchev–Trinajstić information content (AvgIpc) is 3.05. The van der Waals surface area contributed by atoms with Crippen molar-refractivity contribution in [1.82, 2.24) is 4.90 Å². The first-order chi connectivity index (χ1) is 11.3. The third-order valence-electron chi connectivity index (χ3n) is 4.23. The quantitative estimate of drug-likeness (QED) is 0.884. The summed E-state index contributed by atoms with van der Waals surface area (Å²) in [7, 11) is 0. The van der Waals surface area contributed by atoms with Crippen molar-refractivity contribution >= 4 is 40.6 Å². The first kappa shape index (κ1) is 16.9. The van der Waals surface area contributed by atoms with Crippen LogP contribution in [0.4, 0.5) is 4.39 Å². The van der Waals surface area contributed by atoms with Gasteiger partial charge in [0.05, 0.1) is 21.7 Å². The summed E-state index contributed by atoms with van der Waals surface area (Å²) in [6.45, 7) is 1.58. The lowest BCUT2D eigenvalue weighted by Crippen LogP contribution is -2.38. The SMILES string of the molecule is CC1=C(CC(=O)O)C2=C(F)C(=O)CCC2N1C(=O)c1ccc(Cl)s1. The van der Waals surface area contributed by atoms with Gasteiger partial charge >= 0.3 is 5.97 Å². The van der Waals surface area contributed by atoms with Crippen LogP contribution in [0.2, 0.25) is 4.34 Å². The fourth-order valence-electron chi connectivity index (χ4n) is 3.20. The zero-order valence-corrected chi connectivity index (χ0v) is 14.2. The molecule has 0 spiro atoms. The van der Waals surface area contributed by atoms with Crippen LogP contribution >= 0.6 is 22.9 Å². The fourth-order valence-corrected chi connectivity index (χ4v) is 4.18. The molecule has 1 unspecified atom stereocenters. The molecule has 5 nitrogen and oxygen atoms in total. The fraction of sp³-hybridized carbons (Fsp3) is 0.312. The first-order valence-electron chi connectivity index (χ1n) is 7.25. The Balaban J connectivity index is 2.10. The van der Waals surface area contributed by atoms with E-state index in [1.165, 1.54) is 4.90 Å². The Morgan fingerprint density at radius 1 is 1.46 bits per heavy atom. The Kier molecular flexibility index (Phi) is 4.31. The smallest absolute Gasteiger partial charge is 0.307 e. The second kappa shape index (κ2) is 6.14. The lowest BCUT2D eigenvalue weighted by atomic mass is 9.88. The van der Waals surface area contributed by atoms with Crippen LogP contribution in [0.1, 0.15) is 35.9 Å². The van der Waals surface area contributed by atoms with Gasteiger partial charge < -0.3 is 10.0 Å². The molecule has 8 heteroatoms. The van der Waals surface area contributed by atoms with Gasteiger partial charge in [-0.2, -0.15) is 0 Å². The number of carboxylic acid groups (broad SMARTS) is 1. The normalized spacial score (nSPS) is 20.7. The molecule has 0 fully saturated rings. The number of hydrogen-bond donors (Lipinski definition) is 1. The minimum Gasteiger partial charge on any atom is -0.481 e. The van der Waals surface area contributed by atoms with Gasteiger partial charge in [0.25, 0.3) is 5.91 Å². The minimum absolute atomic E-state index is 0.0113. The van der Waals surface area contributed by atoms with E-state index in [0.29, 0.717) is 14.9 Å². The number of hydrogen-bond acceptors (Lipinski definition) is 4. The number of fused-ring (bicyclic) bond motifs is 1. The number of carbonyl (C=O) groups excluding carboxylic acids is 2. The molecule has 0 saturated carbocycles. The van der Waals surface area contributed by atoms with Crippen LogP contribution in [-0.4, -0.2) is 33.7 Å². The van der Waals surface area contributed by atoms with Crippen LogP contribution in [0.3, 0.4) is 0 Å². The number of ketones is 1. The van der Waals surface area contributed by atoms with E-state index in [0.717, 1.165) is 11.3 Å². The predicted molar refractivity (Wildman–Crippen MR) is 86.6 cm³/mol. The molecule has 1 aliphatic heterocycles. The Hall–Kier alpha value is -1.99. The second-order valence-corrected chi connectivity index (χ2v) is 7.33. The summed E-state index contributed by atoms with van der Waals surface area (Å²) in [5, 5.41) is 9.10.